The van der Waals surface area contributed by atoms with Gasteiger partial charge in [-0.2, -0.15) is 0 Å². The quantitative estimate of drug-likeness (QED) is 0.876. The van der Waals surface area contributed by atoms with Crippen molar-refractivity contribution < 1.29 is 14.7 Å². The summed E-state index contributed by atoms with van der Waals surface area (Å²) in [5.41, 5.74) is 1.05. The van der Waals surface area contributed by atoms with Crippen LogP contribution in [0.4, 0.5) is 0 Å². The van der Waals surface area contributed by atoms with Crippen molar-refractivity contribution in [1.29, 1.82) is 0 Å². The molecule has 0 aliphatic carbocycles. The van der Waals surface area contributed by atoms with Gasteiger partial charge in [0, 0.05) is 17.4 Å². The molecule has 0 aliphatic rings. The van der Waals surface area contributed by atoms with Crippen molar-refractivity contribution in [3.8, 4) is 0 Å². The number of amides is 1. The number of carbonyl (C=O) groups excluding carboxylic acids is 1. The number of carbonyl (C=O) groups is 2. The van der Waals surface area contributed by atoms with Crippen LogP contribution in [0.2, 0.25) is 0 Å². The average molecular weight is 314 g/mol. The van der Waals surface area contributed by atoms with Crippen LogP contribution >= 0.6 is 15.9 Å². The number of carboxylic acids is 1. The molecular formula is C13H16BrNO3. The molecule has 1 aromatic rings. The number of aliphatic carboxylic acids is 1. The fourth-order valence-electron chi connectivity index (χ4n) is 1.64. The van der Waals surface area contributed by atoms with Crippen LogP contribution in [-0.4, -0.2) is 35.0 Å². The summed E-state index contributed by atoms with van der Waals surface area (Å²) in [5, 5.41) is 8.69. The van der Waals surface area contributed by atoms with Crippen LogP contribution in [0.25, 0.3) is 0 Å². The summed E-state index contributed by atoms with van der Waals surface area (Å²) in [6, 6.07) is 7.71. The molecule has 4 nitrogen and oxygen atoms in total. The van der Waals surface area contributed by atoms with Crippen LogP contribution in [-0.2, 0) is 16.0 Å². The number of rotatable bonds is 6. The molecule has 1 N–H and O–H groups in total. The van der Waals surface area contributed by atoms with E-state index >= 15 is 0 Å². The van der Waals surface area contributed by atoms with E-state index in [1.54, 1.807) is 6.92 Å². The predicted molar refractivity (Wildman–Crippen MR) is 72.4 cm³/mol. The molecule has 0 fully saturated rings. The summed E-state index contributed by atoms with van der Waals surface area (Å²) in [6.07, 6.45) is 0.931. The van der Waals surface area contributed by atoms with E-state index in [0.29, 0.717) is 19.4 Å². The molecule has 0 radical (unpaired) electrons. The molecule has 0 spiro atoms. The Labute approximate surface area is 115 Å². The van der Waals surface area contributed by atoms with Gasteiger partial charge in [0.2, 0.25) is 5.91 Å². The third-order valence-electron chi connectivity index (χ3n) is 2.63. The van der Waals surface area contributed by atoms with Crippen LogP contribution in [0.5, 0.6) is 0 Å². The Morgan fingerprint density at radius 3 is 2.56 bits per heavy atom. The van der Waals surface area contributed by atoms with Gasteiger partial charge in [-0.3, -0.25) is 9.59 Å². The SMILES string of the molecule is CCN(CC(=O)O)C(=O)CCc1ccccc1Br. The zero-order valence-electron chi connectivity index (χ0n) is 10.2. The summed E-state index contributed by atoms with van der Waals surface area (Å²) in [6.45, 7) is 1.96. The van der Waals surface area contributed by atoms with E-state index < -0.39 is 5.97 Å². The lowest BCUT2D eigenvalue weighted by Gasteiger charge is -2.18. The van der Waals surface area contributed by atoms with Gasteiger partial charge >= 0.3 is 5.97 Å². The second-order valence-corrected chi connectivity index (χ2v) is 4.75. The molecule has 1 amide bonds. The number of likely N-dealkylation sites (N-methyl/N-ethyl adjacent to an activating group) is 1. The lowest BCUT2D eigenvalue weighted by atomic mass is 10.1. The highest BCUT2D eigenvalue weighted by molar-refractivity contribution is 9.10. The molecule has 1 rings (SSSR count). The maximum atomic E-state index is 11.8. The molecule has 0 saturated carbocycles. The van der Waals surface area contributed by atoms with E-state index in [1.165, 1.54) is 4.90 Å². The minimum absolute atomic E-state index is 0.129. The van der Waals surface area contributed by atoms with Crippen molar-refractivity contribution >= 4 is 27.8 Å². The molecule has 0 aromatic heterocycles. The topological polar surface area (TPSA) is 57.6 Å². The maximum Gasteiger partial charge on any atom is 0.323 e. The molecule has 1 aromatic carbocycles. The van der Waals surface area contributed by atoms with E-state index in [-0.39, 0.29) is 12.5 Å². The molecule has 0 saturated heterocycles. The molecule has 0 unspecified atom stereocenters. The minimum atomic E-state index is -0.980. The first-order valence-electron chi connectivity index (χ1n) is 5.77. The molecular weight excluding hydrogens is 298 g/mol. The Morgan fingerprint density at radius 1 is 1.33 bits per heavy atom. The van der Waals surface area contributed by atoms with Gasteiger partial charge in [-0.05, 0) is 25.0 Å². The molecule has 0 aliphatic heterocycles. The number of nitrogens with zero attached hydrogens (tertiary/aromatic N) is 1. The first-order chi connectivity index (χ1) is 8.54. The minimum Gasteiger partial charge on any atom is -0.480 e. The number of halogens is 1. The Hall–Kier alpha value is -1.36. The number of hydrogen-bond acceptors (Lipinski definition) is 2. The van der Waals surface area contributed by atoms with E-state index in [9.17, 15) is 9.59 Å². The second-order valence-electron chi connectivity index (χ2n) is 3.89. The lowest BCUT2D eigenvalue weighted by Crippen LogP contribution is -2.35. The maximum absolute atomic E-state index is 11.8. The highest BCUT2D eigenvalue weighted by Crippen LogP contribution is 2.17. The van der Waals surface area contributed by atoms with Crippen LogP contribution in [0.1, 0.15) is 18.9 Å². The van der Waals surface area contributed by atoms with Crippen molar-refractivity contribution in [2.45, 2.75) is 19.8 Å². The summed E-state index contributed by atoms with van der Waals surface area (Å²) < 4.78 is 0.971. The molecule has 18 heavy (non-hydrogen) atoms. The Morgan fingerprint density at radius 2 is 2.00 bits per heavy atom. The summed E-state index contributed by atoms with van der Waals surface area (Å²) in [7, 11) is 0. The third kappa shape index (κ3) is 4.49. The van der Waals surface area contributed by atoms with Gasteiger partial charge in [0.25, 0.3) is 0 Å². The van der Waals surface area contributed by atoms with Crippen molar-refractivity contribution in [2.75, 3.05) is 13.1 Å². The van der Waals surface area contributed by atoms with Crippen molar-refractivity contribution in [3.05, 3.63) is 34.3 Å². The Kier molecular flexibility index (Phi) is 5.85. The second kappa shape index (κ2) is 7.16. The van der Waals surface area contributed by atoms with Crippen molar-refractivity contribution in [3.63, 3.8) is 0 Å². The van der Waals surface area contributed by atoms with Crippen LogP contribution in [0, 0.1) is 0 Å². The molecule has 0 atom stereocenters. The Bertz CT molecular complexity index is 434. The van der Waals surface area contributed by atoms with Gasteiger partial charge in [0.05, 0.1) is 0 Å². The summed E-state index contributed by atoms with van der Waals surface area (Å²) in [5.74, 6) is -1.11. The number of benzene rings is 1. The van der Waals surface area contributed by atoms with Gasteiger partial charge in [0.15, 0.2) is 0 Å². The van der Waals surface area contributed by atoms with E-state index in [2.05, 4.69) is 15.9 Å². The molecule has 0 bridgehead atoms. The van der Waals surface area contributed by atoms with Crippen molar-refractivity contribution in [1.82, 2.24) is 4.90 Å². The first kappa shape index (κ1) is 14.7. The fraction of sp³-hybridized carbons (Fsp3) is 0.385. The standard InChI is InChI=1S/C13H16BrNO3/c1-2-15(9-13(17)18)12(16)8-7-10-5-3-4-6-11(10)14/h3-6H,2,7-9H2,1H3,(H,17,18). The highest BCUT2D eigenvalue weighted by Gasteiger charge is 2.14. The van der Waals surface area contributed by atoms with Gasteiger partial charge in [-0.1, -0.05) is 34.1 Å². The van der Waals surface area contributed by atoms with Crippen molar-refractivity contribution in [2.24, 2.45) is 0 Å². The molecule has 0 heterocycles. The van der Waals surface area contributed by atoms with Gasteiger partial charge in [0.1, 0.15) is 6.54 Å². The van der Waals surface area contributed by atoms with E-state index in [0.717, 1.165) is 10.0 Å². The summed E-state index contributed by atoms with van der Waals surface area (Å²) in [4.78, 5) is 23.8. The van der Waals surface area contributed by atoms with Crippen LogP contribution < -0.4 is 0 Å². The van der Waals surface area contributed by atoms with E-state index in [4.69, 9.17) is 5.11 Å². The van der Waals surface area contributed by atoms with Gasteiger partial charge in [-0.15, -0.1) is 0 Å². The molecule has 98 valence electrons. The predicted octanol–water partition coefficient (Wildman–Crippen LogP) is 2.31. The zero-order chi connectivity index (χ0) is 13.5. The number of carboxylic acid groups (broad SMARTS) is 1. The number of hydrogen-bond donors (Lipinski definition) is 1. The normalized spacial score (nSPS) is 10.1. The fourth-order valence-corrected chi connectivity index (χ4v) is 2.12. The van der Waals surface area contributed by atoms with Gasteiger partial charge in [-0.25, -0.2) is 0 Å². The van der Waals surface area contributed by atoms with E-state index in [1.807, 2.05) is 24.3 Å². The van der Waals surface area contributed by atoms with Gasteiger partial charge < -0.3 is 10.0 Å². The third-order valence-corrected chi connectivity index (χ3v) is 3.40. The summed E-state index contributed by atoms with van der Waals surface area (Å²) >= 11 is 3.42. The zero-order valence-corrected chi connectivity index (χ0v) is 11.8. The highest BCUT2D eigenvalue weighted by atomic mass is 79.9. The number of aryl methyl sites for hydroxylation is 1. The average Bonchev–Trinajstić information content (AvgIpc) is 2.34. The largest absolute Gasteiger partial charge is 0.480 e. The lowest BCUT2D eigenvalue weighted by molar-refractivity contribution is -0.144. The monoisotopic (exact) mass is 313 g/mol. The van der Waals surface area contributed by atoms with Crippen LogP contribution in [0.3, 0.4) is 0 Å². The van der Waals surface area contributed by atoms with Crippen LogP contribution in [0.15, 0.2) is 28.7 Å². The Balaban J connectivity index is 2.54. The smallest absolute Gasteiger partial charge is 0.323 e. The first-order valence-corrected chi connectivity index (χ1v) is 6.57. The molecule has 5 heteroatoms.